The molecule has 0 fully saturated rings. The number of thioether (sulfide) groups is 1. The van der Waals surface area contributed by atoms with Gasteiger partial charge in [0.1, 0.15) is 16.6 Å². The van der Waals surface area contributed by atoms with Gasteiger partial charge < -0.3 is 9.84 Å². The summed E-state index contributed by atoms with van der Waals surface area (Å²) in [4.78, 5) is 12.2. The van der Waals surface area contributed by atoms with Crippen molar-refractivity contribution in [3.8, 4) is 11.4 Å². The zero-order chi connectivity index (χ0) is 25.4. The van der Waals surface area contributed by atoms with E-state index in [1.54, 1.807) is 36.9 Å². The van der Waals surface area contributed by atoms with Crippen LogP contribution in [0.25, 0.3) is 16.6 Å². The van der Waals surface area contributed by atoms with Crippen LogP contribution in [0.1, 0.15) is 38.0 Å². The van der Waals surface area contributed by atoms with Crippen LogP contribution < -0.4 is 4.74 Å². The fourth-order valence-corrected chi connectivity index (χ4v) is 4.38. The lowest BCUT2D eigenvalue weighted by atomic mass is 10.1. The largest absolute Gasteiger partial charge is 0.486 e. The molecule has 1 atom stereocenters. The van der Waals surface area contributed by atoms with E-state index in [2.05, 4.69) is 5.10 Å². The number of benzene rings is 3. The molecule has 0 amide bonds. The minimum atomic E-state index is -4.38. The molecule has 35 heavy (non-hydrogen) atoms. The van der Waals surface area contributed by atoms with Crippen molar-refractivity contribution in [1.29, 1.82) is 0 Å². The van der Waals surface area contributed by atoms with Crippen molar-refractivity contribution in [3.05, 3.63) is 84.1 Å². The van der Waals surface area contributed by atoms with Crippen molar-refractivity contribution < 1.29 is 27.8 Å². The molecule has 0 radical (unpaired) electrons. The third-order valence-electron chi connectivity index (χ3n) is 5.48. The van der Waals surface area contributed by atoms with Crippen LogP contribution in [0.15, 0.2) is 77.8 Å². The number of carboxylic acids is 1. The average Bonchev–Trinajstić information content (AvgIpc) is 3.23. The first kappa shape index (κ1) is 24.7. The molecule has 0 aliphatic rings. The topological polar surface area (TPSA) is 64.3 Å². The molecule has 0 saturated carbocycles. The highest BCUT2D eigenvalue weighted by molar-refractivity contribution is 8.01. The van der Waals surface area contributed by atoms with Crippen LogP contribution in [0.2, 0.25) is 0 Å². The molecule has 182 valence electrons. The summed E-state index contributed by atoms with van der Waals surface area (Å²) in [6, 6.07) is 17.8. The highest BCUT2D eigenvalue weighted by Gasteiger charge is 2.30. The number of carbonyl (C=O) groups is 1. The van der Waals surface area contributed by atoms with Crippen molar-refractivity contribution in [2.24, 2.45) is 0 Å². The molecule has 0 aliphatic carbocycles. The summed E-state index contributed by atoms with van der Waals surface area (Å²) in [5.74, 6) is -0.232. The average molecular weight is 501 g/mol. The van der Waals surface area contributed by atoms with Crippen LogP contribution in [0, 0.1) is 0 Å². The minimum absolute atomic E-state index is 0.275. The van der Waals surface area contributed by atoms with Crippen LogP contribution >= 0.6 is 11.8 Å². The predicted molar refractivity (Wildman–Crippen MR) is 129 cm³/mol. The van der Waals surface area contributed by atoms with Gasteiger partial charge in [0.05, 0.1) is 16.8 Å². The van der Waals surface area contributed by atoms with Gasteiger partial charge in [-0.25, -0.2) is 4.68 Å². The van der Waals surface area contributed by atoms with E-state index in [4.69, 9.17) is 4.74 Å². The van der Waals surface area contributed by atoms with Gasteiger partial charge in [0, 0.05) is 16.5 Å². The molecule has 0 bridgehead atoms. The van der Waals surface area contributed by atoms with E-state index < -0.39 is 22.5 Å². The molecule has 4 aromatic rings. The molecular weight excluding hydrogens is 477 g/mol. The lowest BCUT2D eigenvalue weighted by Gasteiger charge is -2.19. The minimum Gasteiger partial charge on any atom is -0.486 e. The molecule has 4 rings (SSSR count). The van der Waals surface area contributed by atoms with Crippen LogP contribution in [0.5, 0.6) is 5.75 Å². The van der Waals surface area contributed by atoms with Gasteiger partial charge >= 0.3 is 12.1 Å². The van der Waals surface area contributed by atoms with Gasteiger partial charge in [0.25, 0.3) is 0 Å². The predicted octanol–water partition coefficient (Wildman–Crippen LogP) is 7.14. The Labute approximate surface area is 204 Å². The normalized spacial score (nSPS) is 13.1. The van der Waals surface area contributed by atoms with Gasteiger partial charge in [-0.3, -0.25) is 4.79 Å². The van der Waals surface area contributed by atoms with E-state index in [-0.39, 0.29) is 6.10 Å². The summed E-state index contributed by atoms with van der Waals surface area (Å²) in [5, 5.41) is 14.6. The Kier molecular flexibility index (Phi) is 6.55. The number of rotatable bonds is 7. The van der Waals surface area contributed by atoms with Gasteiger partial charge in [-0.15, -0.1) is 11.8 Å². The van der Waals surface area contributed by atoms with E-state index >= 15 is 0 Å². The number of hydrogen-bond acceptors (Lipinski definition) is 4. The molecule has 3 aromatic carbocycles. The van der Waals surface area contributed by atoms with Crippen molar-refractivity contribution in [1.82, 2.24) is 9.78 Å². The fourth-order valence-electron chi connectivity index (χ4n) is 3.43. The molecule has 5 nitrogen and oxygen atoms in total. The molecular formula is C26H23F3N2O3S. The van der Waals surface area contributed by atoms with E-state index in [1.807, 2.05) is 37.3 Å². The van der Waals surface area contributed by atoms with E-state index in [9.17, 15) is 23.1 Å². The maximum atomic E-state index is 12.8. The molecule has 1 N–H and O–H groups in total. The standard InChI is InChI=1S/C26H23F3N2O3S/c1-16(34-21-9-11-22(12-10-21)35-25(2,3)24(32)33)17-4-13-23-18(14-17)15-31(30-23)20-7-5-19(6-8-20)26(27,28)29/h4-16H,1-3H3,(H,32,33). The number of aliphatic carboxylic acids is 1. The zero-order valence-corrected chi connectivity index (χ0v) is 20.0. The fraction of sp³-hybridized carbons (Fsp3) is 0.231. The zero-order valence-electron chi connectivity index (χ0n) is 19.2. The lowest BCUT2D eigenvalue weighted by molar-refractivity contribution is -0.139. The summed E-state index contributed by atoms with van der Waals surface area (Å²) in [5.41, 5.74) is 1.45. The molecule has 1 heterocycles. The van der Waals surface area contributed by atoms with Crippen LogP contribution in [-0.4, -0.2) is 25.6 Å². The van der Waals surface area contributed by atoms with Gasteiger partial charge in [0.15, 0.2) is 0 Å². The maximum absolute atomic E-state index is 12.8. The summed E-state index contributed by atoms with van der Waals surface area (Å²) in [6.45, 7) is 5.22. The number of fused-ring (bicyclic) bond motifs is 1. The first-order valence-corrected chi connectivity index (χ1v) is 11.6. The highest BCUT2D eigenvalue weighted by Crippen LogP contribution is 2.34. The summed E-state index contributed by atoms with van der Waals surface area (Å²) < 4.78 is 45.1. The van der Waals surface area contributed by atoms with Crippen molar-refractivity contribution in [2.45, 2.75) is 42.7 Å². The number of aromatic nitrogens is 2. The second-order valence-electron chi connectivity index (χ2n) is 8.59. The van der Waals surface area contributed by atoms with Crippen LogP contribution in [0.4, 0.5) is 13.2 Å². The van der Waals surface area contributed by atoms with Crippen molar-refractivity contribution in [3.63, 3.8) is 0 Å². The molecule has 1 unspecified atom stereocenters. The molecule has 9 heteroatoms. The van der Waals surface area contributed by atoms with Gasteiger partial charge in [0.2, 0.25) is 0 Å². The van der Waals surface area contributed by atoms with Gasteiger partial charge in [-0.05, 0) is 87.0 Å². The quantitative estimate of drug-likeness (QED) is 0.273. The second kappa shape index (κ2) is 9.30. The number of alkyl halides is 3. The molecule has 1 aromatic heterocycles. The van der Waals surface area contributed by atoms with E-state index in [0.717, 1.165) is 28.0 Å². The Morgan fingerprint density at radius 3 is 2.29 bits per heavy atom. The third kappa shape index (κ3) is 5.62. The maximum Gasteiger partial charge on any atom is 0.416 e. The Bertz CT molecular complexity index is 1350. The number of hydrogen-bond donors (Lipinski definition) is 1. The Balaban J connectivity index is 1.48. The van der Waals surface area contributed by atoms with Crippen molar-refractivity contribution in [2.75, 3.05) is 0 Å². The second-order valence-corrected chi connectivity index (χ2v) is 10.3. The molecule has 0 aliphatic heterocycles. The number of nitrogens with zero attached hydrogens (tertiary/aromatic N) is 2. The highest BCUT2D eigenvalue weighted by atomic mass is 32.2. The molecule has 0 spiro atoms. The Morgan fingerprint density at radius 1 is 1.03 bits per heavy atom. The number of halogens is 3. The smallest absolute Gasteiger partial charge is 0.416 e. The van der Waals surface area contributed by atoms with Gasteiger partial charge in [-0.1, -0.05) is 6.07 Å². The van der Waals surface area contributed by atoms with E-state index in [1.165, 1.54) is 23.9 Å². The summed E-state index contributed by atoms with van der Waals surface area (Å²) in [7, 11) is 0. The summed E-state index contributed by atoms with van der Waals surface area (Å²) >= 11 is 1.26. The summed E-state index contributed by atoms with van der Waals surface area (Å²) in [6.07, 6.45) is -2.89. The number of carboxylic acid groups (broad SMARTS) is 1. The lowest BCUT2D eigenvalue weighted by Crippen LogP contribution is -2.26. The van der Waals surface area contributed by atoms with Crippen LogP contribution in [-0.2, 0) is 11.0 Å². The molecule has 0 saturated heterocycles. The SMILES string of the molecule is CC(Oc1ccc(SC(C)(C)C(=O)O)cc1)c1ccc2nn(-c3ccc(C(F)(F)F)cc3)cc2c1. The first-order valence-electron chi connectivity index (χ1n) is 10.8. The third-order valence-corrected chi connectivity index (χ3v) is 6.67. The van der Waals surface area contributed by atoms with Gasteiger partial charge in [-0.2, -0.15) is 18.3 Å². The van der Waals surface area contributed by atoms with E-state index in [0.29, 0.717) is 17.0 Å². The Hall–Kier alpha value is -3.46. The van der Waals surface area contributed by atoms with Crippen molar-refractivity contribution >= 4 is 28.6 Å². The van der Waals surface area contributed by atoms with Crippen LogP contribution in [0.3, 0.4) is 0 Å². The first-order chi connectivity index (χ1) is 16.4. The number of ether oxygens (including phenoxy) is 1. The monoisotopic (exact) mass is 500 g/mol. The Morgan fingerprint density at radius 2 is 1.69 bits per heavy atom.